The molecule has 0 atom stereocenters. The minimum atomic E-state index is -1.08. The number of carbonyl (C=O) groups excluding carboxylic acids is 1. The van der Waals surface area contributed by atoms with E-state index in [1.807, 2.05) is 12.1 Å². The summed E-state index contributed by atoms with van der Waals surface area (Å²) < 4.78 is 1.45. The van der Waals surface area contributed by atoms with E-state index in [-0.39, 0.29) is 11.6 Å². The molecule has 128 valence electrons. The van der Waals surface area contributed by atoms with Gasteiger partial charge in [0.05, 0.1) is 11.4 Å². The summed E-state index contributed by atoms with van der Waals surface area (Å²) in [6, 6.07) is 8.61. The van der Waals surface area contributed by atoms with Gasteiger partial charge in [-0.3, -0.25) is 4.79 Å². The molecule has 0 aliphatic rings. The van der Waals surface area contributed by atoms with Gasteiger partial charge in [0.2, 0.25) is 5.91 Å². The lowest BCUT2D eigenvalue weighted by Crippen LogP contribution is -2.14. The molecule has 0 saturated carbocycles. The van der Waals surface area contributed by atoms with Crippen LogP contribution < -0.4 is 5.32 Å². The van der Waals surface area contributed by atoms with Crippen molar-refractivity contribution in [2.45, 2.75) is 26.2 Å². The summed E-state index contributed by atoms with van der Waals surface area (Å²) in [6.07, 6.45) is 4.34. The summed E-state index contributed by atoms with van der Waals surface area (Å²) in [5.74, 6) is 0.723. The van der Waals surface area contributed by atoms with E-state index < -0.39 is 5.97 Å². The molecule has 6 nitrogen and oxygen atoms in total. The second-order valence-corrected chi connectivity index (χ2v) is 6.46. The number of rotatable bonds is 9. The van der Waals surface area contributed by atoms with E-state index in [0.717, 1.165) is 17.9 Å². The maximum Gasteiger partial charge on any atom is 0.356 e. The fraction of sp³-hybridized carbons (Fsp3) is 0.353. The molecule has 0 aliphatic heterocycles. The molecule has 2 rings (SSSR count). The molecule has 2 N–H and O–H groups in total. The van der Waals surface area contributed by atoms with E-state index in [0.29, 0.717) is 17.8 Å². The maximum absolute atomic E-state index is 12.1. The number of unbranched alkanes of at least 4 members (excludes halogenated alkanes) is 1. The lowest BCUT2D eigenvalue weighted by atomic mass is 10.2. The van der Waals surface area contributed by atoms with E-state index in [9.17, 15) is 9.59 Å². The van der Waals surface area contributed by atoms with Crippen LogP contribution in [0.2, 0.25) is 0 Å². The molecular weight excluding hydrogens is 326 g/mol. The first-order valence-electron chi connectivity index (χ1n) is 7.87. The molecule has 1 heterocycles. The van der Waals surface area contributed by atoms with Gasteiger partial charge in [-0.2, -0.15) is 16.9 Å². The van der Waals surface area contributed by atoms with Gasteiger partial charge in [0, 0.05) is 18.4 Å². The molecule has 0 bridgehead atoms. The van der Waals surface area contributed by atoms with Gasteiger partial charge >= 0.3 is 5.97 Å². The fourth-order valence-corrected chi connectivity index (χ4v) is 3.10. The van der Waals surface area contributed by atoms with Gasteiger partial charge < -0.3 is 10.4 Å². The van der Waals surface area contributed by atoms with E-state index in [1.54, 1.807) is 30.1 Å². The number of amides is 1. The fourth-order valence-electron chi connectivity index (χ4n) is 2.08. The summed E-state index contributed by atoms with van der Waals surface area (Å²) in [5, 5.41) is 15.9. The number of hydrogen-bond donors (Lipinski definition) is 2. The normalized spacial score (nSPS) is 10.5. The molecular formula is C17H21N3O3S. The number of benzene rings is 1. The van der Waals surface area contributed by atoms with Crippen molar-refractivity contribution in [3.8, 4) is 5.69 Å². The molecule has 1 aromatic carbocycles. The Labute approximate surface area is 145 Å². The largest absolute Gasteiger partial charge is 0.476 e. The minimum absolute atomic E-state index is 0.0385. The van der Waals surface area contributed by atoms with Crippen molar-refractivity contribution in [3.63, 3.8) is 0 Å². The Morgan fingerprint density at radius 1 is 1.25 bits per heavy atom. The highest BCUT2D eigenvalue weighted by atomic mass is 32.2. The predicted octanol–water partition coefficient (Wildman–Crippen LogP) is 3.43. The number of carboxylic acids is 1. The van der Waals surface area contributed by atoms with Crippen LogP contribution in [0.4, 0.5) is 5.69 Å². The topological polar surface area (TPSA) is 84.2 Å². The van der Waals surface area contributed by atoms with Gasteiger partial charge in [-0.05, 0) is 30.4 Å². The Kier molecular flexibility index (Phi) is 6.87. The van der Waals surface area contributed by atoms with Crippen LogP contribution in [0.1, 0.15) is 36.7 Å². The number of anilines is 1. The average Bonchev–Trinajstić information content (AvgIpc) is 3.05. The minimum Gasteiger partial charge on any atom is -0.476 e. The number of hydrogen-bond acceptors (Lipinski definition) is 4. The second kappa shape index (κ2) is 9.12. The zero-order valence-corrected chi connectivity index (χ0v) is 14.4. The van der Waals surface area contributed by atoms with Crippen LogP contribution in [-0.4, -0.2) is 38.3 Å². The molecule has 2 aromatic rings. The van der Waals surface area contributed by atoms with Crippen LogP contribution in [-0.2, 0) is 4.79 Å². The molecule has 1 amide bonds. The summed E-state index contributed by atoms with van der Waals surface area (Å²) in [6.45, 7) is 2.15. The molecule has 0 saturated heterocycles. The Balaban J connectivity index is 2.00. The number of para-hydroxylation sites is 2. The molecule has 0 fully saturated rings. The first-order valence-corrected chi connectivity index (χ1v) is 9.03. The van der Waals surface area contributed by atoms with Crippen LogP contribution in [0, 0.1) is 0 Å². The smallest absolute Gasteiger partial charge is 0.356 e. The van der Waals surface area contributed by atoms with Gasteiger partial charge in [0.25, 0.3) is 0 Å². The van der Waals surface area contributed by atoms with Crippen molar-refractivity contribution in [1.29, 1.82) is 0 Å². The van der Waals surface area contributed by atoms with Crippen molar-refractivity contribution in [2.75, 3.05) is 16.8 Å². The van der Waals surface area contributed by atoms with Crippen molar-refractivity contribution in [3.05, 3.63) is 42.2 Å². The summed E-state index contributed by atoms with van der Waals surface area (Å²) >= 11 is 1.78. The monoisotopic (exact) mass is 347 g/mol. The number of aromatic carboxylic acids is 1. The molecule has 7 heteroatoms. The molecule has 0 unspecified atom stereocenters. The van der Waals surface area contributed by atoms with Crippen LogP contribution >= 0.6 is 11.8 Å². The van der Waals surface area contributed by atoms with Crippen LogP contribution in [0.15, 0.2) is 36.5 Å². The average molecular weight is 347 g/mol. The molecule has 0 radical (unpaired) electrons. The standard InChI is InChI=1S/C17H21N3O3S/c1-2-3-11-24-12-9-16(21)18-13-6-4-5-7-15(13)20-10-8-14(19-20)17(22)23/h4-8,10H,2-3,9,11-12H2,1H3,(H,18,21)(H,22,23). The van der Waals surface area contributed by atoms with Gasteiger partial charge in [0.1, 0.15) is 0 Å². The van der Waals surface area contributed by atoms with Crippen molar-refractivity contribution in [2.24, 2.45) is 0 Å². The van der Waals surface area contributed by atoms with E-state index >= 15 is 0 Å². The molecule has 0 aliphatic carbocycles. The van der Waals surface area contributed by atoms with Crippen molar-refractivity contribution < 1.29 is 14.7 Å². The number of thioether (sulfide) groups is 1. The Morgan fingerprint density at radius 3 is 2.75 bits per heavy atom. The lowest BCUT2D eigenvalue weighted by Gasteiger charge is -2.11. The predicted molar refractivity (Wildman–Crippen MR) is 96.0 cm³/mol. The highest BCUT2D eigenvalue weighted by Gasteiger charge is 2.12. The van der Waals surface area contributed by atoms with Gasteiger partial charge in [-0.15, -0.1) is 0 Å². The van der Waals surface area contributed by atoms with Crippen molar-refractivity contribution >= 4 is 29.3 Å². The zero-order valence-electron chi connectivity index (χ0n) is 13.6. The quantitative estimate of drug-likeness (QED) is 0.679. The highest BCUT2D eigenvalue weighted by molar-refractivity contribution is 7.99. The SMILES string of the molecule is CCCCSCCC(=O)Nc1ccccc1-n1ccc(C(=O)O)n1. The van der Waals surface area contributed by atoms with Crippen LogP contribution in [0.5, 0.6) is 0 Å². The molecule has 24 heavy (non-hydrogen) atoms. The molecule has 1 aromatic heterocycles. The number of carbonyl (C=O) groups is 2. The lowest BCUT2D eigenvalue weighted by molar-refractivity contribution is -0.115. The van der Waals surface area contributed by atoms with Crippen LogP contribution in [0.25, 0.3) is 5.69 Å². The highest BCUT2D eigenvalue weighted by Crippen LogP contribution is 2.20. The van der Waals surface area contributed by atoms with E-state index in [4.69, 9.17) is 5.11 Å². The second-order valence-electron chi connectivity index (χ2n) is 5.23. The van der Waals surface area contributed by atoms with Crippen LogP contribution in [0.3, 0.4) is 0 Å². The third-order valence-corrected chi connectivity index (χ3v) is 4.42. The number of aromatic nitrogens is 2. The molecule has 0 spiro atoms. The van der Waals surface area contributed by atoms with Crippen molar-refractivity contribution in [1.82, 2.24) is 9.78 Å². The number of nitrogens with zero attached hydrogens (tertiary/aromatic N) is 2. The first kappa shape index (κ1) is 18.1. The number of nitrogens with one attached hydrogen (secondary N) is 1. The van der Waals surface area contributed by atoms with Gasteiger partial charge in [-0.1, -0.05) is 25.5 Å². The summed E-state index contributed by atoms with van der Waals surface area (Å²) in [4.78, 5) is 23.0. The summed E-state index contributed by atoms with van der Waals surface area (Å²) in [5.41, 5.74) is 1.21. The number of carboxylic acid groups (broad SMARTS) is 1. The summed E-state index contributed by atoms with van der Waals surface area (Å²) in [7, 11) is 0. The third-order valence-electron chi connectivity index (χ3n) is 3.35. The Morgan fingerprint density at radius 2 is 2.04 bits per heavy atom. The maximum atomic E-state index is 12.1. The van der Waals surface area contributed by atoms with E-state index in [2.05, 4.69) is 17.3 Å². The Hall–Kier alpha value is -2.28. The van der Waals surface area contributed by atoms with Gasteiger partial charge in [0.15, 0.2) is 5.69 Å². The third kappa shape index (κ3) is 5.13. The first-order chi connectivity index (χ1) is 11.6. The zero-order chi connectivity index (χ0) is 17.4. The Bertz CT molecular complexity index is 700. The van der Waals surface area contributed by atoms with E-state index in [1.165, 1.54) is 17.2 Å². The van der Waals surface area contributed by atoms with Gasteiger partial charge in [-0.25, -0.2) is 9.48 Å².